The first-order valence-corrected chi connectivity index (χ1v) is 7.78. The first-order valence-electron chi connectivity index (χ1n) is 7.40. The first kappa shape index (κ1) is 13.3. The second-order valence-electron chi connectivity index (χ2n) is 5.82. The molecule has 0 radical (unpaired) electrons. The van der Waals surface area contributed by atoms with Gasteiger partial charge in [0.1, 0.15) is 5.75 Å². The van der Waals surface area contributed by atoms with Crippen molar-refractivity contribution in [3.8, 4) is 5.75 Å². The number of benzene rings is 1. The molecule has 1 fully saturated rings. The van der Waals surface area contributed by atoms with Crippen molar-refractivity contribution in [1.29, 1.82) is 0 Å². The van der Waals surface area contributed by atoms with E-state index in [-0.39, 0.29) is 0 Å². The lowest BCUT2D eigenvalue weighted by Crippen LogP contribution is -2.31. The molecule has 0 spiro atoms. The minimum absolute atomic E-state index is 0.756. The van der Waals surface area contributed by atoms with Crippen LogP contribution in [0.2, 0.25) is 5.02 Å². The van der Waals surface area contributed by atoms with Gasteiger partial charge in [-0.1, -0.05) is 11.6 Å². The second kappa shape index (κ2) is 5.72. The van der Waals surface area contributed by atoms with E-state index in [1.807, 2.05) is 0 Å². The van der Waals surface area contributed by atoms with Crippen LogP contribution in [0.1, 0.15) is 36.0 Å². The maximum atomic E-state index is 6.40. The first-order chi connectivity index (χ1) is 9.25. The molecule has 104 valence electrons. The summed E-state index contributed by atoms with van der Waals surface area (Å²) in [7, 11) is 0. The number of ether oxygens (including phenoxy) is 1. The molecule has 0 aromatic heterocycles. The fourth-order valence-corrected chi connectivity index (χ4v) is 3.64. The van der Waals surface area contributed by atoms with Gasteiger partial charge in [0.05, 0.1) is 11.6 Å². The van der Waals surface area contributed by atoms with E-state index < -0.39 is 0 Å². The molecule has 1 aromatic carbocycles. The highest BCUT2D eigenvalue weighted by atomic mass is 35.5. The Morgan fingerprint density at radius 3 is 3.11 bits per heavy atom. The summed E-state index contributed by atoms with van der Waals surface area (Å²) in [6.07, 6.45) is 5.99. The monoisotopic (exact) mass is 279 g/mol. The van der Waals surface area contributed by atoms with Gasteiger partial charge >= 0.3 is 0 Å². The van der Waals surface area contributed by atoms with Crippen LogP contribution in [0.4, 0.5) is 0 Å². The number of rotatable bonds is 2. The molecule has 3 heteroatoms. The Morgan fingerprint density at radius 1 is 1.42 bits per heavy atom. The Bertz CT molecular complexity index is 466. The molecule has 1 atom stereocenters. The zero-order valence-electron chi connectivity index (χ0n) is 11.6. The topological polar surface area (TPSA) is 21.3 Å². The minimum atomic E-state index is 0.756. The van der Waals surface area contributed by atoms with Crippen LogP contribution >= 0.6 is 11.6 Å². The van der Waals surface area contributed by atoms with Gasteiger partial charge in [-0.15, -0.1) is 0 Å². The third-order valence-corrected chi connectivity index (χ3v) is 4.73. The SMILES string of the molecule is Cc1c(CC2CCCNC2)cc(Cl)c2c1CCCO2. The number of hydrogen-bond donors (Lipinski definition) is 1. The summed E-state index contributed by atoms with van der Waals surface area (Å²) in [4.78, 5) is 0. The van der Waals surface area contributed by atoms with Crippen molar-refractivity contribution in [2.24, 2.45) is 5.92 Å². The maximum absolute atomic E-state index is 6.40. The van der Waals surface area contributed by atoms with E-state index in [1.165, 1.54) is 36.1 Å². The molecule has 1 saturated heterocycles. The third-order valence-electron chi connectivity index (χ3n) is 4.45. The summed E-state index contributed by atoms with van der Waals surface area (Å²) in [5.74, 6) is 1.70. The smallest absolute Gasteiger partial charge is 0.141 e. The minimum Gasteiger partial charge on any atom is -0.492 e. The Morgan fingerprint density at radius 2 is 2.32 bits per heavy atom. The molecule has 19 heavy (non-hydrogen) atoms. The normalized spacial score (nSPS) is 22.7. The van der Waals surface area contributed by atoms with Crippen molar-refractivity contribution in [2.75, 3.05) is 19.7 Å². The molecule has 0 saturated carbocycles. The Hall–Kier alpha value is -0.730. The number of halogens is 1. The largest absolute Gasteiger partial charge is 0.492 e. The number of nitrogens with one attached hydrogen (secondary N) is 1. The number of piperidine rings is 1. The van der Waals surface area contributed by atoms with Crippen LogP contribution in [-0.2, 0) is 12.8 Å². The summed E-state index contributed by atoms with van der Waals surface area (Å²) in [5, 5.41) is 4.30. The van der Waals surface area contributed by atoms with Crippen molar-refractivity contribution in [3.63, 3.8) is 0 Å². The lowest BCUT2D eigenvalue weighted by atomic mass is 9.87. The molecular weight excluding hydrogens is 258 g/mol. The Labute approximate surface area is 120 Å². The predicted molar refractivity (Wildman–Crippen MR) is 79.3 cm³/mol. The van der Waals surface area contributed by atoms with Crippen molar-refractivity contribution in [1.82, 2.24) is 5.32 Å². The fraction of sp³-hybridized carbons (Fsp3) is 0.625. The molecule has 2 nitrogen and oxygen atoms in total. The van der Waals surface area contributed by atoms with Crippen molar-refractivity contribution in [2.45, 2.75) is 39.0 Å². The van der Waals surface area contributed by atoms with E-state index >= 15 is 0 Å². The molecule has 2 aliphatic rings. The van der Waals surface area contributed by atoms with Crippen LogP contribution in [0.5, 0.6) is 5.75 Å². The average Bonchev–Trinajstić information content (AvgIpc) is 2.46. The van der Waals surface area contributed by atoms with E-state index in [1.54, 1.807) is 0 Å². The molecule has 2 heterocycles. The third kappa shape index (κ3) is 2.75. The average molecular weight is 280 g/mol. The van der Waals surface area contributed by atoms with Crippen LogP contribution in [0.3, 0.4) is 0 Å². The quantitative estimate of drug-likeness (QED) is 0.894. The van der Waals surface area contributed by atoms with E-state index in [0.29, 0.717) is 0 Å². The highest BCUT2D eigenvalue weighted by molar-refractivity contribution is 6.32. The van der Waals surface area contributed by atoms with Gasteiger partial charge in [0.25, 0.3) is 0 Å². The van der Waals surface area contributed by atoms with Gasteiger partial charge in [-0.05, 0) is 80.8 Å². The molecule has 0 bridgehead atoms. The molecule has 1 aromatic rings. The molecule has 3 rings (SSSR count). The van der Waals surface area contributed by atoms with Crippen molar-refractivity contribution >= 4 is 11.6 Å². The van der Waals surface area contributed by atoms with E-state index in [0.717, 1.165) is 49.1 Å². The Balaban J connectivity index is 1.86. The van der Waals surface area contributed by atoms with Crippen LogP contribution in [0, 0.1) is 12.8 Å². The van der Waals surface area contributed by atoms with Gasteiger partial charge in [0.2, 0.25) is 0 Å². The molecule has 1 unspecified atom stereocenters. The number of hydrogen-bond acceptors (Lipinski definition) is 2. The highest BCUT2D eigenvalue weighted by Crippen LogP contribution is 2.37. The summed E-state index contributed by atoms with van der Waals surface area (Å²) in [6.45, 7) is 5.35. The summed E-state index contributed by atoms with van der Waals surface area (Å²) < 4.78 is 5.74. The second-order valence-corrected chi connectivity index (χ2v) is 6.23. The summed E-state index contributed by atoms with van der Waals surface area (Å²) in [6, 6.07) is 2.13. The molecule has 2 aliphatic heterocycles. The molecular formula is C16H22ClNO. The Kier molecular flexibility index (Phi) is 3.99. The van der Waals surface area contributed by atoms with Crippen LogP contribution in [-0.4, -0.2) is 19.7 Å². The standard InChI is InChI=1S/C16H22ClNO/c1-11-13(8-12-4-2-6-18-10-12)9-15(17)16-14(11)5-3-7-19-16/h9,12,18H,2-8,10H2,1H3. The van der Waals surface area contributed by atoms with Gasteiger partial charge in [-0.2, -0.15) is 0 Å². The molecule has 0 amide bonds. The van der Waals surface area contributed by atoms with Crippen LogP contribution < -0.4 is 10.1 Å². The highest BCUT2D eigenvalue weighted by Gasteiger charge is 2.21. The van der Waals surface area contributed by atoms with Gasteiger partial charge in [-0.25, -0.2) is 0 Å². The maximum Gasteiger partial charge on any atom is 0.141 e. The van der Waals surface area contributed by atoms with Crippen LogP contribution in [0.25, 0.3) is 0 Å². The number of fused-ring (bicyclic) bond motifs is 1. The van der Waals surface area contributed by atoms with Crippen molar-refractivity contribution in [3.05, 3.63) is 27.8 Å². The van der Waals surface area contributed by atoms with Gasteiger partial charge < -0.3 is 10.1 Å². The predicted octanol–water partition coefficient (Wildman–Crippen LogP) is 3.52. The van der Waals surface area contributed by atoms with Gasteiger partial charge in [0, 0.05) is 0 Å². The summed E-state index contributed by atoms with van der Waals surface area (Å²) in [5.41, 5.74) is 4.17. The van der Waals surface area contributed by atoms with E-state index in [2.05, 4.69) is 18.3 Å². The van der Waals surface area contributed by atoms with E-state index in [9.17, 15) is 0 Å². The van der Waals surface area contributed by atoms with Crippen LogP contribution in [0.15, 0.2) is 6.07 Å². The molecule has 1 N–H and O–H groups in total. The van der Waals surface area contributed by atoms with Gasteiger partial charge in [-0.3, -0.25) is 0 Å². The summed E-state index contributed by atoms with van der Waals surface area (Å²) >= 11 is 6.40. The van der Waals surface area contributed by atoms with Gasteiger partial charge in [0.15, 0.2) is 0 Å². The van der Waals surface area contributed by atoms with Crippen molar-refractivity contribution < 1.29 is 4.74 Å². The fourth-order valence-electron chi connectivity index (χ4n) is 3.34. The lowest BCUT2D eigenvalue weighted by Gasteiger charge is -2.26. The lowest BCUT2D eigenvalue weighted by molar-refractivity contribution is 0.287. The van der Waals surface area contributed by atoms with E-state index in [4.69, 9.17) is 16.3 Å². The zero-order valence-corrected chi connectivity index (χ0v) is 12.4. The molecule has 0 aliphatic carbocycles. The zero-order chi connectivity index (χ0) is 13.2.